The van der Waals surface area contributed by atoms with Crippen LogP contribution in [0.2, 0.25) is 20.1 Å². The highest BCUT2D eigenvalue weighted by molar-refractivity contribution is 6.42. The van der Waals surface area contributed by atoms with Crippen LogP contribution < -0.4 is 10.6 Å². The lowest BCUT2D eigenvalue weighted by Gasteiger charge is -2.36. The average Bonchev–Trinajstić information content (AvgIpc) is 4.22. The second-order valence-electron chi connectivity index (χ2n) is 17.5. The summed E-state index contributed by atoms with van der Waals surface area (Å²) in [7, 11) is 0. The first kappa shape index (κ1) is 47.4. The number of piperidine rings is 1. The number of carbonyl (C=O) groups is 4. The van der Waals surface area contributed by atoms with Crippen molar-refractivity contribution in [1.29, 1.82) is 0 Å². The maximum atomic E-state index is 12.7. The molecule has 0 radical (unpaired) electrons. The van der Waals surface area contributed by atoms with Crippen molar-refractivity contribution in [2.45, 2.75) is 50.1 Å². The fourth-order valence-electron chi connectivity index (χ4n) is 9.73. The average molecular weight is 1000 g/mol. The smallest absolute Gasteiger partial charge is 0.251 e. The molecule has 20 heteroatoms. The molecule has 4 aliphatic heterocycles. The molecular weight excluding hydrogens is 950 g/mol. The van der Waals surface area contributed by atoms with Crippen LogP contribution in [0.1, 0.15) is 69.9 Å². The normalized spacial score (nSPS) is 19.2. The SMILES string of the molecule is O=C(NCC(=O)N1CCC(N2CC=C(c3cccc4n[nH]nc34)CC2)C1)c1ccc(Cl)c(Cl)c1.O=C(NCC(=O)N1CCC(N2CCC(c3cccc4n[nH]nc34)CC2)C1)c1ccc(Cl)c(Cl)c1. The van der Waals surface area contributed by atoms with Crippen LogP contribution in [0.4, 0.5) is 0 Å². The van der Waals surface area contributed by atoms with E-state index in [4.69, 9.17) is 46.4 Å². The summed E-state index contributed by atoms with van der Waals surface area (Å²) in [5.41, 5.74) is 8.10. The summed E-state index contributed by atoms with van der Waals surface area (Å²) in [5, 5.41) is 29.2. The van der Waals surface area contributed by atoms with Crippen molar-refractivity contribution in [3.05, 3.63) is 121 Å². The van der Waals surface area contributed by atoms with E-state index in [1.807, 2.05) is 34.1 Å². The van der Waals surface area contributed by atoms with Gasteiger partial charge in [-0.1, -0.05) is 76.7 Å². The molecule has 6 heterocycles. The minimum Gasteiger partial charge on any atom is -0.343 e. The zero-order valence-corrected chi connectivity index (χ0v) is 40.1. The molecule has 4 amide bonds. The number of nitrogens with one attached hydrogen (secondary N) is 4. The predicted octanol–water partition coefficient (Wildman–Crippen LogP) is 6.86. The molecule has 2 aromatic heterocycles. The van der Waals surface area contributed by atoms with E-state index < -0.39 is 0 Å². The minimum absolute atomic E-state index is 0.0322. The molecular formula is C48H50Cl4N12O4. The number of hydrogen-bond donors (Lipinski definition) is 4. The van der Waals surface area contributed by atoms with Crippen LogP contribution in [-0.4, -0.2) is 152 Å². The van der Waals surface area contributed by atoms with Gasteiger partial charge in [0.25, 0.3) is 11.8 Å². The number of fused-ring (bicyclic) bond motifs is 2. The molecule has 3 fully saturated rings. The highest BCUT2D eigenvalue weighted by Gasteiger charge is 2.34. The van der Waals surface area contributed by atoms with Crippen molar-refractivity contribution >= 4 is 97.7 Å². The van der Waals surface area contributed by atoms with E-state index in [2.05, 4.69) is 69.5 Å². The Kier molecular flexibility index (Phi) is 14.9. The second kappa shape index (κ2) is 21.3. The number of nitrogens with zero attached hydrogens (tertiary/aromatic N) is 8. The number of aromatic nitrogens is 6. The van der Waals surface area contributed by atoms with E-state index in [9.17, 15) is 19.2 Å². The van der Waals surface area contributed by atoms with Gasteiger partial charge in [0.2, 0.25) is 11.8 Å². The number of halogens is 4. The molecule has 2 atom stereocenters. The molecule has 0 aliphatic carbocycles. The molecule has 16 nitrogen and oxygen atoms in total. The topological polar surface area (TPSA) is 188 Å². The van der Waals surface area contributed by atoms with Gasteiger partial charge in [0.15, 0.2) is 0 Å². The molecule has 0 bridgehead atoms. The molecule has 4 aliphatic rings. The van der Waals surface area contributed by atoms with Crippen molar-refractivity contribution in [3.8, 4) is 0 Å². The monoisotopic (exact) mass is 998 g/mol. The van der Waals surface area contributed by atoms with Crippen LogP contribution in [0.3, 0.4) is 0 Å². The maximum Gasteiger partial charge on any atom is 0.251 e. The van der Waals surface area contributed by atoms with Crippen molar-refractivity contribution in [3.63, 3.8) is 0 Å². The van der Waals surface area contributed by atoms with Gasteiger partial charge in [-0.2, -0.15) is 30.8 Å². The highest BCUT2D eigenvalue weighted by Crippen LogP contribution is 2.34. The lowest BCUT2D eigenvalue weighted by atomic mass is 9.88. The number of carbonyl (C=O) groups excluding carboxylic acids is 4. The third-order valence-electron chi connectivity index (χ3n) is 13.5. The van der Waals surface area contributed by atoms with E-state index in [1.54, 1.807) is 24.3 Å². The molecule has 3 saturated heterocycles. The van der Waals surface area contributed by atoms with Crippen molar-refractivity contribution in [2.75, 3.05) is 65.4 Å². The molecule has 4 aromatic carbocycles. The zero-order chi connectivity index (χ0) is 47.3. The van der Waals surface area contributed by atoms with Crippen molar-refractivity contribution < 1.29 is 19.2 Å². The largest absolute Gasteiger partial charge is 0.343 e. The predicted molar refractivity (Wildman–Crippen MR) is 263 cm³/mol. The van der Waals surface area contributed by atoms with Gasteiger partial charge in [-0.25, -0.2) is 0 Å². The Labute approximate surface area is 412 Å². The second-order valence-corrected chi connectivity index (χ2v) is 19.1. The highest BCUT2D eigenvalue weighted by atomic mass is 35.5. The van der Waals surface area contributed by atoms with Gasteiger partial charge in [-0.15, -0.1) is 0 Å². The Morgan fingerprint density at radius 2 is 1.13 bits per heavy atom. The number of hydrogen-bond acceptors (Lipinski definition) is 10. The summed E-state index contributed by atoms with van der Waals surface area (Å²) in [5.74, 6) is -0.364. The Hall–Kier alpha value is -5.62. The lowest BCUT2D eigenvalue weighted by Crippen LogP contribution is -2.44. The summed E-state index contributed by atoms with van der Waals surface area (Å²) in [6, 6.07) is 22.2. The number of benzene rings is 4. The third-order valence-corrected chi connectivity index (χ3v) is 15.0. The number of amides is 4. The Balaban J connectivity index is 0.000000170. The maximum absolute atomic E-state index is 12.7. The van der Waals surface area contributed by atoms with Gasteiger partial charge in [-0.3, -0.25) is 29.0 Å². The van der Waals surface area contributed by atoms with E-state index >= 15 is 0 Å². The van der Waals surface area contributed by atoms with Crippen LogP contribution in [0, 0.1) is 0 Å². The first-order valence-electron chi connectivity index (χ1n) is 22.8. The Morgan fingerprint density at radius 3 is 1.69 bits per heavy atom. The van der Waals surface area contributed by atoms with Gasteiger partial charge in [-0.05, 0) is 111 Å². The summed E-state index contributed by atoms with van der Waals surface area (Å²) in [6.45, 7) is 6.47. The van der Waals surface area contributed by atoms with E-state index in [1.165, 1.54) is 23.3 Å². The van der Waals surface area contributed by atoms with Crippen molar-refractivity contribution in [2.24, 2.45) is 0 Å². The third kappa shape index (κ3) is 10.8. The fraction of sp³-hybridized carbons (Fsp3) is 0.375. The Bertz CT molecular complexity index is 2860. The molecule has 4 N–H and O–H groups in total. The first-order valence-corrected chi connectivity index (χ1v) is 24.3. The summed E-state index contributed by atoms with van der Waals surface area (Å²) in [6.07, 6.45) is 7.20. The zero-order valence-electron chi connectivity index (χ0n) is 37.1. The van der Waals surface area contributed by atoms with E-state index in [0.717, 1.165) is 85.9 Å². The molecule has 0 saturated carbocycles. The van der Waals surface area contributed by atoms with Crippen LogP contribution in [-0.2, 0) is 9.59 Å². The quantitative estimate of drug-likeness (QED) is 0.113. The lowest BCUT2D eigenvalue weighted by molar-refractivity contribution is -0.130. The number of likely N-dealkylation sites (tertiary alicyclic amines) is 3. The van der Waals surface area contributed by atoms with Crippen LogP contribution in [0.15, 0.2) is 78.9 Å². The van der Waals surface area contributed by atoms with Gasteiger partial charge in [0.1, 0.15) is 22.1 Å². The summed E-state index contributed by atoms with van der Waals surface area (Å²) < 4.78 is 0. The molecule has 2 unspecified atom stereocenters. The van der Waals surface area contributed by atoms with Gasteiger partial charge < -0.3 is 20.4 Å². The van der Waals surface area contributed by atoms with Gasteiger partial charge in [0.05, 0.1) is 33.2 Å². The summed E-state index contributed by atoms with van der Waals surface area (Å²) >= 11 is 23.7. The van der Waals surface area contributed by atoms with Crippen LogP contribution in [0.25, 0.3) is 27.6 Å². The number of H-pyrrole nitrogens is 2. The van der Waals surface area contributed by atoms with Crippen molar-refractivity contribution in [1.82, 2.24) is 61.1 Å². The van der Waals surface area contributed by atoms with Crippen LogP contribution >= 0.6 is 46.4 Å². The molecule has 6 aromatic rings. The number of aromatic amines is 2. The standard InChI is InChI=1S/C24H26Cl2N6O2.C24H24Cl2N6O2/c2*25-19-5-4-16(12-20(19)26)24(34)27-13-22(33)32-11-8-17(14-32)31-9-6-15(7-10-31)18-2-1-3-21-23(18)29-30-28-21/h1-5,12,15,17H,6-11,13-14H2,(H,27,34)(H,28,29,30);1-6,12,17H,7-11,13-14H2,(H,27,34)(H,28,29,30). The molecule has 68 heavy (non-hydrogen) atoms. The van der Waals surface area contributed by atoms with Crippen LogP contribution in [0.5, 0.6) is 0 Å². The Morgan fingerprint density at radius 1 is 0.588 bits per heavy atom. The number of rotatable bonds is 10. The molecule has 354 valence electrons. The molecule has 0 spiro atoms. The number of para-hydroxylation sites is 2. The van der Waals surface area contributed by atoms with Gasteiger partial charge >= 0.3 is 0 Å². The van der Waals surface area contributed by atoms with E-state index in [0.29, 0.717) is 75.4 Å². The van der Waals surface area contributed by atoms with Gasteiger partial charge in [0, 0.05) is 68.0 Å². The first-order chi connectivity index (χ1) is 33.0. The fourth-order valence-corrected chi connectivity index (χ4v) is 10.3. The van der Waals surface area contributed by atoms with E-state index in [-0.39, 0.29) is 36.7 Å². The minimum atomic E-state index is -0.349. The summed E-state index contributed by atoms with van der Waals surface area (Å²) in [4.78, 5) is 58.7. The molecule has 10 rings (SSSR count).